The Morgan fingerprint density at radius 3 is 2.93 bits per heavy atom. The monoisotopic (exact) mass is 374 g/mol. The van der Waals surface area contributed by atoms with Crippen LogP contribution in [0.2, 0.25) is 0 Å². The summed E-state index contributed by atoms with van der Waals surface area (Å²) in [6, 6.07) is 13.4. The van der Waals surface area contributed by atoms with E-state index >= 15 is 0 Å². The minimum atomic E-state index is -0.633. The number of phenols is 1. The van der Waals surface area contributed by atoms with E-state index in [-0.39, 0.29) is 17.3 Å². The Morgan fingerprint density at radius 2 is 2.11 bits per heavy atom. The van der Waals surface area contributed by atoms with Crippen molar-refractivity contribution in [3.05, 3.63) is 70.8 Å². The maximum Gasteiger partial charge on any atom is 0.165 e. The quantitative estimate of drug-likeness (QED) is 0.794. The normalized spacial score (nSPS) is 34.8. The van der Waals surface area contributed by atoms with E-state index in [9.17, 15) is 10.2 Å². The van der Waals surface area contributed by atoms with Gasteiger partial charge in [0.25, 0.3) is 0 Å². The Morgan fingerprint density at radius 1 is 1.29 bits per heavy atom. The van der Waals surface area contributed by atoms with E-state index in [0.29, 0.717) is 17.7 Å². The first kappa shape index (κ1) is 16.6. The van der Waals surface area contributed by atoms with E-state index in [1.807, 2.05) is 24.3 Å². The number of likely N-dealkylation sites (N-methyl/N-ethyl adjacent to an activating group) is 1. The Hall–Kier alpha value is -2.30. The SMILES string of the molecule is CN1CC[C@]23c4c5c(Cc6cc[c]cc6)cc(O)c4O[C@H]2[C@@H](O)C=C[C@H]3[C@H]1C5. The number of aliphatic hydroxyl groups is 1. The molecule has 0 amide bonds. The Bertz CT molecular complexity index is 985. The van der Waals surface area contributed by atoms with Crippen molar-refractivity contribution in [3.8, 4) is 11.5 Å². The number of phenolic OH excluding ortho intramolecular Hbond substituents is 1. The summed E-state index contributed by atoms with van der Waals surface area (Å²) >= 11 is 0. The summed E-state index contributed by atoms with van der Waals surface area (Å²) in [6.07, 6.45) is 5.85. The van der Waals surface area contributed by atoms with Gasteiger partial charge < -0.3 is 19.8 Å². The van der Waals surface area contributed by atoms with Gasteiger partial charge >= 0.3 is 0 Å². The molecule has 5 atom stereocenters. The van der Waals surface area contributed by atoms with Crippen LogP contribution in [-0.2, 0) is 18.3 Å². The van der Waals surface area contributed by atoms with E-state index in [0.717, 1.165) is 25.8 Å². The molecule has 4 heteroatoms. The summed E-state index contributed by atoms with van der Waals surface area (Å²) in [5.74, 6) is 1.14. The highest BCUT2D eigenvalue weighted by molar-refractivity contribution is 5.64. The van der Waals surface area contributed by atoms with Gasteiger partial charge in [0, 0.05) is 22.9 Å². The fraction of sp³-hybridized carbons (Fsp3) is 0.417. The van der Waals surface area contributed by atoms with Crippen LogP contribution in [0.15, 0.2) is 42.5 Å². The summed E-state index contributed by atoms with van der Waals surface area (Å²) < 4.78 is 6.29. The van der Waals surface area contributed by atoms with Gasteiger partial charge in [0.1, 0.15) is 12.2 Å². The molecule has 1 spiro atoms. The van der Waals surface area contributed by atoms with E-state index in [1.165, 1.54) is 22.3 Å². The fourth-order valence-electron chi connectivity index (χ4n) is 6.32. The molecule has 0 unspecified atom stereocenters. The van der Waals surface area contributed by atoms with Gasteiger partial charge in [-0.3, -0.25) is 0 Å². The zero-order valence-corrected chi connectivity index (χ0v) is 15.9. The number of piperidine rings is 1. The number of hydrogen-bond acceptors (Lipinski definition) is 4. The first-order chi connectivity index (χ1) is 13.6. The van der Waals surface area contributed by atoms with E-state index < -0.39 is 6.10 Å². The number of hydrogen-bond donors (Lipinski definition) is 2. The predicted octanol–water partition coefficient (Wildman–Crippen LogP) is 2.59. The average Bonchev–Trinajstić information content (AvgIpc) is 3.05. The highest BCUT2D eigenvalue weighted by atomic mass is 16.5. The second-order valence-corrected chi connectivity index (χ2v) is 8.80. The molecule has 1 saturated heterocycles. The highest BCUT2D eigenvalue weighted by Gasteiger charge is 2.64. The third-order valence-electron chi connectivity index (χ3n) is 7.55. The molecule has 4 nitrogen and oxygen atoms in total. The molecule has 2 bridgehead atoms. The lowest BCUT2D eigenvalue weighted by Crippen LogP contribution is -2.64. The van der Waals surface area contributed by atoms with Crippen LogP contribution in [-0.4, -0.2) is 47.0 Å². The van der Waals surface area contributed by atoms with Crippen LogP contribution in [0, 0.1) is 12.0 Å². The first-order valence-corrected chi connectivity index (χ1v) is 10.2. The molecule has 2 aromatic carbocycles. The summed E-state index contributed by atoms with van der Waals surface area (Å²) in [5, 5.41) is 21.6. The maximum atomic E-state index is 10.9. The van der Waals surface area contributed by atoms with Crippen LogP contribution in [0.25, 0.3) is 0 Å². The molecule has 1 fully saturated rings. The van der Waals surface area contributed by atoms with Gasteiger partial charge in [0.15, 0.2) is 11.5 Å². The largest absolute Gasteiger partial charge is 0.504 e. The standard InChI is InChI=1S/C24H24NO3/c1-25-10-9-24-17-7-8-19(26)23(24)28-22-20(27)12-15(11-14-5-3-2-4-6-14)16(21(22)24)13-18(17)25/h3-8,12,17-19,23,26-27H,9-11,13H2,1H3/t17-,18+,19-,23-,24-/m0/s1. The number of ether oxygens (including phenoxy) is 1. The molecule has 2 aliphatic carbocycles. The predicted molar refractivity (Wildman–Crippen MR) is 106 cm³/mol. The highest BCUT2D eigenvalue weighted by Crippen LogP contribution is 2.63. The van der Waals surface area contributed by atoms with Crippen LogP contribution in [0.5, 0.6) is 11.5 Å². The van der Waals surface area contributed by atoms with Crippen LogP contribution >= 0.6 is 0 Å². The minimum absolute atomic E-state index is 0.211. The molecule has 4 aliphatic rings. The Kier molecular flexibility index (Phi) is 3.34. The molecule has 2 heterocycles. The van der Waals surface area contributed by atoms with Gasteiger partial charge in [-0.1, -0.05) is 36.4 Å². The second-order valence-electron chi connectivity index (χ2n) is 8.80. The van der Waals surface area contributed by atoms with Crippen molar-refractivity contribution in [1.82, 2.24) is 4.90 Å². The van der Waals surface area contributed by atoms with Crippen molar-refractivity contribution in [2.45, 2.75) is 42.9 Å². The summed E-state index contributed by atoms with van der Waals surface area (Å²) in [6.45, 7) is 0.986. The molecule has 2 aromatic rings. The fourth-order valence-corrected chi connectivity index (χ4v) is 6.32. The summed E-state index contributed by atoms with van der Waals surface area (Å²) in [5.41, 5.74) is 4.65. The third-order valence-corrected chi connectivity index (χ3v) is 7.55. The lowest BCUT2D eigenvalue weighted by Gasteiger charge is -2.56. The average molecular weight is 374 g/mol. The molecule has 143 valence electrons. The lowest BCUT2D eigenvalue weighted by atomic mass is 9.53. The minimum Gasteiger partial charge on any atom is -0.504 e. The van der Waals surface area contributed by atoms with Gasteiger partial charge in [-0.25, -0.2) is 0 Å². The molecule has 0 saturated carbocycles. The molecule has 0 aromatic heterocycles. The molecule has 2 aliphatic heterocycles. The smallest absolute Gasteiger partial charge is 0.165 e. The van der Waals surface area contributed by atoms with E-state index in [4.69, 9.17) is 4.74 Å². The van der Waals surface area contributed by atoms with Gasteiger partial charge in [-0.05, 0) is 61.7 Å². The summed E-state index contributed by atoms with van der Waals surface area (Å²) in [7, 11) is 2.21. The molecule has 6 rings (SSSR count). The number of aromatic hydroxyl groups is 1. The van der Waals surface area contributed by atoms with E-state index in [2.05, 4.69) is 36.2 Å². The van der Waals surface area contributed by atoms with Crippen LogP contribution < -0.4 is 4.74 Å². The zero-order chi connectivity index (χ0) is 19.0. The Labute approximate surface area is 165 Å². The van der Waals surface area contributed by atoms with Crippen molar-refractivity contribution in [2.24, 2.45) is 5.92 Å². The topological polar surface area (TPSA) is 52.9 Å². The summed E-state index contributed by atoms with van der Waals surface area (Å²) in [4.78, 5) is 2.46. The van der Waals surface area contributed by atoms with Gasteiger partial charge in [0.05, 0.1) is 0 Å². The molecular formula is C24H24NO3. The van der Waals surface area contributed by atoms with Gasteiger partial charge in [-0.2, -0.15) is 0 Å². The van der Waals surface area contributed by atoms with Crippen molar-refractivity contribution in [3.63, 3.8) is 0 Å². The lowest BCUT2D eigenvalue weighted by molar-refractivity contribution is -0.0454. The number of nitrogens with zero attached hydrogens (tertiary/aromatic N) is 1. The maximum absolute atomic E-state index is 10.9. The van der Waals surface area contributed by atoms with Gasteiger partial charge in [0.2, 0.25) is 0 Å². The third kappa shape index (κ3) is 1.97. The molecule has 28 heavy (non-hydrogen) atoms. The van der Waals surface area contributed by atoms with Crippen molar-refractivity contribution in [2.75, 3.05) is 13.6 Å². The van der Waals surface area contributed by atoms with Gasteiger partial charge in [-0.15, -0.1) is 0 Å². The first-order valence-electron chi connectivity index (χ1n) is 10.2. The Balaban J connectivity index is 1.59. The van der Waals surface area contributed by atoms with Crippen molar-refractivity contribution < 1.29 is 14.9 Å². The zero-order valence-electron chi connectivity index (χ0n) is 15.9. The number of aliphatic hydroxyl groups excluding tert-OH is 1. The van der Waals surface area contributed by atoms with Crippen molar-refractivity contribution >= 4 is 0 Å². The number of likely N-dealkylation sites (tertiary alicyclic amines) is 1. The van der Waals surface area contributed by atoms with Crippen molar-refractivity contribution in [1.29, 1.82) is 0 Å². The van der Waals surface area contributed by atoms with E-state index in [1.54, 1.807) is 0 Å². The molecular weight excluding hydrogens is 350 g/mol. The van der Waals surface area contributed by atoms with Crippen LogP contribution in [0.1, 0.15) is 28.7 Å². The number of rotatable bonds is 2. The number of benzene rings is 2. The van der Waals surface area contributed by atoms with Crippen LogP contribution in [0.4, 0.5) is 0 Å². The van der Waals surface area contributed by atoms with Crippen LogP contribution in [0.3, 0.4) is 0 Å². The second kappa shape index (κ2) is 5.62. The molecule has 1 radical (unpaired) electrons. The molecule has 2 N–H and O–H groups in total.